The summed E-state index contributed by atoms with van der Waals surface area (Å²) in [5, 5.41) is 10.1. The van der Waals surface area contributed by atoms with Crippen LogP contribution in [0, 0.1) is 17.2 Å². The van der Waals surface area contributed by atoms with Crippen LogP contribution in [0.15, 0.2) is 54.6 Å². The SMILES string of the molecule is CCCC(CCCc1cccc(-c2cc3ccccc3n2C)c1)C(=O)C#N. The standard InChI is InChI=1S/C24H26N2O/c1-3-8-19(24(27)17-25)12-6-9-18-10-7-13-20(15-18)23-16-21-11-4-5-14-22(21)26(23)2/h4-5,7,10-11,13-16,19H,3,6,8-9,12H2,1-2H3. The fourth-order valence-electron chi connectivity index (χ4n) is 3.85. The molecule has 1 unspecified atom stereocenters. The van der Waals surface area contributed by atoms with Gasteiger partial charge in [0.25, 0.3) is 0 Å². The van der Waals surface area contributed by atoms with Crippen LogP contribution in [-0.4, -0.2) is 10.4 Å². The molecule has 0 N–H and O–H groups in total. The van der Waals surface area contributed by atoms with Crippen LogP contribution >= 0.6 is 0 Å². The van der Waals surface area contributed by atoms with E-state index >= 15 is 0 Å². The Morgan fingerprint density at radius 3 is 2.67 bits per heavy atom. The largest absolute Gasteiger partial charge is 0.344 e. The zero-order valence-electron chi connectivity index (χ0n) is 16.1. The summed E-state index contributed by atoms with van der Waals surface area (Å²) in [5.41, 5.74) is 4.93. The van der Waals surface area contributed by atoms with Gasteiger partial charge in [-0.1, -0.05) is 49.7 Å². The van der Waals surface area contributed by atoms with E-state index in [1.807, 2.05) is 0 Å². The molecule has 0 amide bonds. The zero-order chi connectivity index (χ0) is 19.2. The highest BCUT2D eigenvalue weighted by Crippen LogP contribution is 2.28. The third-order valence-electron chi connectivity index (χ3n) is 5.31. The monoisotopic (exact) mass is 358 g/mol. The van der Waals surface area contributed by atoms with Gasteiger partial charge in [0.1, 0.15) is 6.07 Å². The van der Waals surface area contributed by atoms with Gasteiger partial charge in [-0.25, -0.2) is 0 Å². The average molecular weight is 358 g/mol. The second-order valence-electron chi connectivity index (χ2n) is 7.20. The molecule has 0 aliphatic heterocycles. The van der Waals surface area contributed by atoms with Gasteiger partial charge in [0.2, 0.25) is 5.78 Å². The number of para-hydroxylation sites is 1. The first-order valence-electron chi connectivity index (χ1n) is 9.71. The minimum absolute atomic E-state index is 0.110. The molecule has 0 radical (unpaired) electrons. The number of carbonyl (C=O) groups is 1. The number of aromatic nitrogens is 1. The highest BCUT2D eigenvalue weighted by atomic mass is 16.1. The van der Waals surface area contributed by atoms with E-state index in [0.717, 1.165) is 32.1 Å². The van der Waals surface area contributed by atoms with E-state index in [9.17, 15) is 4.79 Å². The van der Waals surface area contributed by atoms with Crippen molar-refractivity contribution in [3.63, 3.8) is 0 Å². The van der Waals surface area contributed by atoms with Crippen molar-refractivity contribution in [3.8, 4) is 17.3 Å². The first-order valence-corrected chi connectivity index (χ1v) is 9.71. The molecule has 3 nitrogen and oxygen atoms in total. The van der Waals surface area contributed by atoms with Crippen molar-refractivity contribution in [2.45, 2.75) is 39.0 Å². The van der Waals surface area contributed by atoms with Crippen molar-refractivity contribution in [1.29, 1.82) is 5.26 Å². The quantitative estimate of drug-likeness (QED) is 0.487. The van der Waals surface area contributed by atoms with Crippen molar-refractivity contribution in [1.82, 2.24) is 4.57 Å². The number of fused-ring (bicyclic) bond motifs is 1. The van der Waals surface area contributed by atoms with E-state index in [4.69, 9.17) is 5.26 Å². The number of benzene rings is 2. The number of hydrogen-bond acceptors (Lipinski definition) is 2. The summed E-state index contributed by atoms with van der Waals surface area (Å²) in [6, 6.07) is 21.1. The van der Waals surface area contributed by atoms with Crippen LogP contribution in [0.4, 0.5) is 0 Å². The minimum Gasteiger partial charge on any atom is -0.344 e. The van der Waals surface area contributed by atoms with Gasteiger partial charge in [0, 0.05) is 29.6 Å². The van der Waals surface area contributed by atoms with Gasteiger partial charge >= 0.3 is 0 Å². The van der Waals surface area contributed by atoms with Crippen LogP contribution in [0.25, 0.3) is 22.2 Å². The lowest BCUT2D eigenvalue weighted by atomic mass is 9.92. The third kappa shape index (κ3) is 4.28. The maximum atomic E-state index is 11.7. The van der Waals surface area contributed by atoms with Crippen LogP contribution in [0.2, 0.25) is 0 Å². The van der Waals surface area contributed by atoms with E-state index in [1.165, 1.54) is 27.7 Å². The molecule has 27 heavy (non-hydrogen) atoms. The second-order valence-corrected chi connectivity index (χ2v) is 7.20. The number of rotatable bonds is 8. The van der Waals surface area contributed by atoms with Crippen molar-refractivity contribution >= 4 is 16.7 Å². The number of ketones is 1. The summed E-state index contributed by atoms with van der Waals surface area (Å²) >= 11 is 0. The van der Waals surface area contributed by atoms with Gasteiger partial charge in [0.15, 0.2) is 0 Å². The molecule has 0 aliphatic carbocycles. The molecule has 3 rings (SSSR count). The maximum Gasteiger partial charge on any atom is 0.234 e. The van der Waals surface area contributed by atoms with Crippen molar-refractivity contribution in [3.05, 3.63) is 60.2 Å². The molecule has 0 aliphatic rings. The Kier molecular flexibility index (Phi) is 6.08. The van der Waals surface area contributed by atoms with Gasteiger partial charge in [-0.2, -0.15) is 5.26 Å². The molecule has 1 heterocycles. The topological polar surface area (TPSA) is 45.8 Å². The smallest absolute Gasteiger partial charge is 0.234 e. The van der Waals surface area contributed by atoms with E-state index in [-0.39, 0.29) is 11.7 Å². The first kappa shape index (κ1) is 18.9. The van der Waals surface area contributed by atoms with Crippen LogP contribution in [-0.2, 0) is 18.3 Å². The predicted octanol–water partition coefficient (Wildman–Crippen LogP) is 5.68. The summed E-state index contributed by atoms with van der Waals surface area (Å²) in [5.74, 6) is -0.373. The Labute approximate surface area is 161 Å². The number of carbonyl (C=O) groups excluding carboxylic acids is 1. The minimum atomic E-state index is -0.263. The van der Waals surface area contributed by atoms with Crippen molar-refractivity contribution < 1.29 is 4.79 Å². The van der Waals surface area contributed by atoms with E-state index in [1.54, 1.807) is 6.07 Å². The molecule has 0 bridgehead atoms. The molecule has 3 aromatic rings. The molecule has 2 aromatic carbocycles. The Morgan fingerprint density at radius 2 is 1.93 bits per heavy atom. The third-order valence-corrected chi connectivity index (χ3v) is 5.31. The lowest BCUT2D eigenvalue weighted by Gasteiger charge is -2.11. The highest BCUT2D eigenvalue weighted by molar-refractivity contribution is 5.95. The van der Waals surface area contributed by atoms with Gasteiger partial charge < -0.3 is 4.57 Å². The molecule has 0 fully saturated rings. The van der Waals surface area contributed by atoms with Crippen LogP contribution in [0.5, 0.6) is 0 Å². The number of aryl methyl sites for hydroxylation is 2. The molecule has 0 saturated carbocycles. The lowest BCUT2D eigenvalue weighted by Crippen LogP contribution is -2.12. The van der Waals surface area contributed by atoms with Crippen LogP contribution < -0.4 is 0 Å². The van der Waals surface area contributed by atoms with E-state index < -0.39 is 0 Å². The molecular weight excluding hydrogens is 332 g/mol. The molecule has 1 atom stereocenters. The molecule has 3 heteroatoms. The number of Topliss-reactive ketones (excluding diaryl/α,β-unsaturated/α-hetero) is 1. The lowest BCUT2D eigenvalue weighted by molar-refractivity contribution is -0.118. The van der Waals surface area contributed by atoms with Gasteiger partial charge in [-0.3, -0.25) is 4.79 Å². The van der Waals surface area contributed by atoms with Gasteiger partial charge in [0.05, 0.1) is 0 Å². The number of nitriles is 1. The first-order chi connectivity index (χ1) is 13.1. The molecule has 138 valence electrons. The summed E-state index contributed by atoms with van der Waals surface area (Å²) in [6.45, 7) is 2.06. The number of nitrogens with zero attached hydrogens (tertiary/aromatic N) is 2. The fraction of sp³-hybridized carbons (Fsp3) is 0.333. The number of hydrogen-bond donors (Lipinski definition) is 0. The molecule has 1 aromatic heterocycles. The van der Waals surface area contributed by atoms with Crippen molar-refractivity contribution in [2.24, 2.45) is 13.0 Å². The van der Waals surface area contributed by atoms with E-state index in [2.05, 4.69) is 73.1 Å². The second kappa shape index (κ2) is 8.68. The molecule has 0 saturated heterocycles. The van der Waals surface area contributed by atoms with E-state index in [0.29, 0.717) is 0 Å². The summed E-state index contributed by atoms with van der Waals surface area (Å²) < 4.78 is 2.23. The molecule has 0 spiro atoms. The Balaban J connectivity index is 1.73. The highest BCUT2D eigenvalue weighted by Gasteiger charge is 2.16. The summed E-state index contributed by atoms with van der Waals surface area (Å²) in [7, 11) is 2.10. The van der Waals surface area contributed by atoms with Gasteiger partial charge in [-0.15, -0.1) is 0 Å². The Hall–Kier alpha value is -2.86. The predicted molar refractivity (Wildman–Crippen MR) is 110 cm³/mol. The van der Waals surface area contributed by atoms with Crippen molar-refractivity contribution in [2.75, 3.05) is 0 Å². The average Bonchev–Trinajstić information content (AvgIpc) is 3.04. The molecular formula is C24H26N2O. The summed E-state index contributed by atoms with van der Waals surface area (Å²) in [4.78, 5) is 11.7. The Morgan fingerprint density at radius 1 is 1.11 bits per heavy atom. The normalized spacial score (nSPS) is 12.0. The van der Waals surface area contributed by atoms with Gasteiger partial charge in [-0.05, 0) is 55.0 Å². The Bertz CT molecular complexity index is 977. The maximum absolute atomic E-state index is 11.7. The summed E-state index contributed by atoms with van der Waals surface area (Å²) in [6.07, 6.45) is 4.39. The zero-order valence-corrected chi connectivity index (χ0v) is 16.1. The fourth-order valence-corrected chi connectivity index (χ4v) is 3.85. The van der Waals surface area contributed by atoms with Crippen LogP contribution in [0.3, 0.4) is 0 Å². The van der Waals surface area contributed by atoms with Crippen LogP contribution in [0.1, 0.15) is 38.2 Å².